The number of hydrogen-bond acceptors (Lipinski definition) is 6. The SMILES string of the molecule is CCCCN(CCCC)C(=O)CN1C[C@H](c2ccc3occc3c2)[C@@H](C(=O)OCC)[C@@H]1c1ccc(OC)cc1. The fourth-order valence-corrected chi connectivity index (χ4v) is 5.70. The van der Waals surface area contributed by atoms with Crippen molar-refractivity contribution >= 4 is 22.8 Å². The van der Waals surface area contributed by atoms with Crippen molar-refractivity contribution < 1.29 is 23.5 Å². The number of amides is 1. The molecule has 0 unspecified atom stereocenters. The molecule has 4 rings (SSSR count). The number of likely N-dealkylation sites (tertiary alicyclic amines) is 1. The first-order valence-corrected chi connectivity index (χ1v) is 14.3. The molecule has 7 nitrogen and oxygen atoms in total. The molecule has 1 aromatic heterocycles. The van der Waals surface area contributed by atoms with Gasteiger partial charge in [-0.1, -0.05) is 44.9 Å². The highest BCUT2D eigenvalue weighted by molar-refractivity contribution is 5.81. The van der Waals surface area contributed by atoms with Gasteiger partial charge in [-0.25, -0.2) is 0 Å². The van der Waals surface area contributed by atoms with E-state index < -0.39 is 5.92 Å². The third kappa shape index (κ3) is 6.64. The first kappa shape index (κ1) is 28.7. The molecule has 7 heteroatoms. The maximum atomic E-state index is 13.7. The van der Waals surface area contributed by atoms with Gasteiger partial charge in [0.25, 0.3) is 0 Å². The predicted octanol–water partition coefficient (Wildman–Crippen LogP) is 6.19. The molecule has 1 fully saturated rings. The molecule has 1 aliphatic heterocycles. The van der Waals surface area contributed by atoms with Crippen LogP contribution in [0.25, 0.3) is 11.0 Å². The van der Waals surface area contributed by atoms with Gasteiger partial charge in [-0.2, -0.15) is 0 Å². The number of methoxy groups -OCH3 is 1. The van der Waals surface area contributed by atoms with E-state index >= 15 is 0 Å². The molecule has 0 bridgehead atoms. The van der Waals surface area contributed by atoms with Crippen LogP contribution in [0.2, 0.25) is 0 Å². The van der Waals surface area contributed by atoms with Crippen LogP contribution in [0.4, 0.5) is 0 Å². The summed E-state index contributed by atoms with van der Waals surface area (Å²) in [5.74, 6) is 0.0286. The second-order valence-corrected chi connectivity index (χ2v) is 10.3. The first-order chi connectivity index (χ1) is 19.0. The summed E-state index contributed by atoms with van der Waals surface area (Å²) in [7, 11) is 1.64. The topological polar surface area (TPSA) is 72.2 Å². The fraction of sp³-hybridized carbons (Fsp3) is 0.500. The van der Waals surface area contributed by atoms with Crippen molar-refractivity contribution in [1.29, 1.82) is 0 Å². The Balaban J connectivity index is 1.72. The summed E-state index contributed by atoms with van der Waals surface area (Å²) in [5, 5.41) is 0.996. The molecule has 2 aromatic carbocycles. The number of rotatable bonds is 13. The van der Waals surface area contributed by atoms with Gasteiger partial charge < -0.3 is 18.8 Å². The van der Waals surface area contributed by atoms with Crippen LogP contribution in [0.15, 0.2) is 59.2 Å². The summed E-state index contributed by atoms with van der Waals surface area (Å²) in [4.78, 5) is 31.5. The van der Waals surface area contributed by atoms with Crippen molar-refractivity contribution in [2.24, 2.45) is 5.92 Å². The van der Waals surface area contributed by atoms with Crippen molar-refractivity contribution in [3.63, 3.8) is 0 Å². The van der Waals surface area contributed by atoms with Crippen molar-refractivity contribution in [3.05, 3.63) is 65.9 Å². The number of fused-ring (bicyclic) bond motifs is 1. The van der Waals surface area contributed by atoms with Gasteiger partial charge in [0, 0.05) is 37.0 Å². The summed E-state index contributed by atoms with van der Waals surface area (Å²) in [6.07, 6.45) is 5.72. The highest BCUT2D eigenvalue weighted by Gasteiger charge is 2.48. The van der Waals surface area contributed by atoms with Gasteiger partial charge in [0.15, 0.2) is 0 Å². The Hall–Kier alpha value is -3.32. The van der Waals surface area contributed by atoms with Gasteiger partial charge in [-0.15, -0.1) is 0 Å². The lowest BCUT2D eigenvalue weighted by Gasteiger charge is -2.30. The van der Waals surface area contributed by atoms with Crippen molar-refractivity contribution in [1.82, 2.24) is 9.80 Å². The maximum Gasteiger partial charge on any atom is 0.311 e. The van der Waals surface area contributed by atoms with Gasteiger partial charge in [0.1, 0.15) is 11.3 Å². The molecule has 210 valence electrons. The minimum atomic E-state index is -0.463. The first-order valence-electron chi connectivity index (χ1n) is 14.3. The quantitative estimate of drug-likeness (QED) is 0.244. The average Bonchev–Trinajstić information content (AvgIpc) is 3.57. The molecule has 3 atom stereocenters. The van der Waals surface area contributed by atoms with Crippen LogP contribution in [0.5, 0.6) is 5.75 Å². The Kier molecular flexibility index (Phi) is 10.0. The molecular formula is C32H42N2O5. The number of hydrogen-bond donors (Lipinski definition) is 0. The lowest BCUT2D eigenvalue weighted by Crippen LogP contribution is -2.42. The molecular weight excluding hydrogens is 492 g/mol. The Bertz CT molecular complexity index is 1210. The Morgan fingerprint density at radius 2 is 1.67 bits per heavy atom. The molecule has 3 aromatic rings. The number of carbonyl (C=O) groups is 2. The van der Waals surface area contributed by atoms with E-state index in [1.165, 1.54) is 0 Å². The summed E-state index contributed by atoms with van der Waals surface area (Å²) in [6.45, 7) is 8.79. The molecule has 1 amide bonds. The zero-order valence-electron chi connectivity index (χ0n) is 23.7. The molecule has 2 heterocycles. The van der Waals surface area contributed by atoms with Gasteiger partial charge in [0.2, 0.25) is 5.91 Å². The normalized spacial score (nSPS) is 19.3. The summed E-state index contributed by atoms with van der Waals surface area (Å²) < 4.78 is 16.6. The van der Waals surface area contributed by atoms with Crippen LogP contribution in [-0.4, -0.2) is 61.6 Å². The second-order valence-electron chi connectivity index (χ2n) is 10.3. The lowest BCUT2D eigenvalue weighted by atomic mass is 9.82. The molecule has 0 N–H and O–H groups in total. The van der Waals surface area contributed by atoms with Crippen LogP contribution in [0.1, 0.15) is 69.5 Å². The standard InChI is InChI=1S/C32H42N2O5/c1-5-8-17-33(18-9-6-2)29(35)22-34-21-27(24-12-15-28-25(20-24)16-19-39-28)30(32(36)38-7-3)31(34)23-10-13-26(37-4)14-11-23/h10-16,19-20,27,30-31H,5-9,17-18,21-22H2,1-4H3/t27-,30-,31+/m1/s1. The van der Waals surface area contributed by atoms with E-state index in [2.05, 4.69) is 24.8 Å². The van der Waals surface area contributed by atoms with Gasteiger partial charge >= 0.3 is 5.97 Å². The van der Waals surface area contributed by atoms with Crippen LogP contribution in [0.3, 0.4) is 0 Å². The van der Waals surface area contributed by atoms with Crippen molar-refractivity contribution in [2.75, 3.05) is 39.9 Å². The maximum absolute atomic E-state index is 13.7. The van der Waals surface area contributed by atoms with Crippen LogP contribution in [0, 0.1) is 5.92 Å². The molecule has 0 spiro atoms. The summed E-state index contributed by atoms with van der Waals surface area (Å²) in [5.41, 5.74) is 2.83. The molecule has 1 aliphatic rings. The number of benzene rings is 2. The highest BCUT2D eigenvalue weighted by Crippen LogP contribution is 2.47. The Morgan fingerprint density at radius 1 is 0.974 bits per heavy atom. The van der Waals surface area contributed by atoms with E-state index in [1.54, 1.807) is 13.4 Å². The predicted molar refractivity (Wildman–Crippen MR) is 153 cm³/mol. The van der Waals surface area contributed by atoms with Crippen LogP contribution >= 0.6 is 0 Å². The van der Waals surface area contributed by atoms with E-state index in [-0.39, 0.29) is 30.4 Å². The third-order valence-electron chi connectivity index (χ3n) is 7.77. The number of furan rings is 1. The molecule has 1 saturated heterocycles. The van der Waals surface area contributed by atoms with E-state index in [4.69, 9.17) is 13.9 Å². The molecule has 0 saturated carbocycles. The Labute approximate surface area is 232 Å². The molecule has 39 heavy (non-hydrogen) atoms. The minimum Gasteiger partial charge on any atom is -0.497 e. The number of nitrogens with zero attached hydrogens (tertiary/aromatic N) is 2. The lowest BCUT2D eigenvalue weighted by molar-refractivity contribution is -0.150. The highest BCUT2D eigenvalue weighted by atomic mass is 16.5. The van der Waals surface area contributed by atoms with E-state index in [1.807, 2.05) is 54.3 Å². The van der Waals surface area contributed by atoms with Gasteiger partial charge in [0.05, 0.1) is 32.4 Å². The van der Waals surface area contributed by atoms with Crippen LogP contribution in [-0.2, 0) is 14.3 Å². The largest absolute Gasteiger partial charge is 0.497 e. The second kappa shape index (κ2) is 13.7. The van der Waals surface area contributed by atoms with E-state index in [9.17, 15) is 9.59 Å². The zero-order chi connectivity index (χ0) is 27.8. The smallest absolute Gasteiger partial charge is 0.311 e. The summed E-state index contributed by atoms with van der Waals surface area (Å²) in [6, 6.07) is 15.6. The molecule has 0 aliphatic carbocycles. The fourth-order valence-electron chi connectivity index (χ4n) is 5.70. The van der Waals surface area contributed by atoms with Crippen molar-refractivity contribution in [3.8, 4) is 5.75 Å². The third-order valence-corrected chi connectivity index (χ3v) is 7.77. The zero-order valence-corrected chi connectivity index (χ0v) is 23.7. The number of ether oxygens (including phenoxy) is 2. The Morgan fingerprint density at radius 3 is 2.31 bits per heavy atom. The van der Waals surface area contributed by atoms with Gasteiger partial charge in [-0.05, 0) is 61.2 Å². The molecule has 0 radical (unpaired) electrons. The summed E-state index contributed by atoms with van der Waals surface area (Å²) >= 11 is 0. The average molecular weight is 535 g/mol. The van der Waals surface area contributed by atoms with Gasteiger partial charge in [-0.3, -0.25) is 14.5 Å². The number of carbonyl (C=O) groups excluding carboxylic acids is 2. The number of unbranched alkanes of at least 4 members (excludes halogenated alkanes) is 2. The van der Waals surface area contributed by atoms with E-state index in [0.717, 1.165) is 66.6 Å². The number of esters is 1. The van der Waals surface area contributed by atoms with Crippen molar-refractivity contribution in [2.45, 2.75) is 58.4 Å². The van der Waals surface area contributed by atoms with E-state index in [0.29, 0.717) is 13.2 Å². The van der Waals surface area contributed by atoms with Crippen LogP contribution < -0.4 is 4.74 Å². The minimum absolute atomic E-state index is 0.115. The monoisotopic (exact) mass is 534 g/mol.